The van der Waals surface area contributed by atoms with Gasteiger partial charge in [0.15, 0.2) is 0 Å². The molecule has 0 saturated heterocycles. The fourth-order valence-corrected chi connectivity index (χ4v) is 1.98. The second-order valence-electron chi connectivity index (χ2n) is 6.63. The van der Waals surface area contributed by atoms with Crippen LogP contribution in [-0.2, 0) is 9.68 Å². The van der Waals surface area contributed by atoms with E-state index in [0.29, 0.717) is 19.0 Å². The maximum absolute atomic E-state index is 11.5. The van der Waals surface area contributed by atoms with E-state index in [9.17, 15) is 9.59 Å². The average Bonchev–Trinajstić information content (AvgIpc) is 2.59. The Morgan fingerprint density at radius 2 is 1.31 bits per heavy atom. The van der Waals surface area contributed by atoms with E-state index in [4.69, 9.17) is 9.68 Å². The Labute approximate surface area is 156 Å². The van der Waals surface area contributed by atoms with Crippen molar-refractivity contribution in [3.63, 3.8) is 0 Å². The highest BCUT2D eigenvalue weighted by Gasteiger charge is 2.03. The van der Waals surface area contributed by atoms with Gasteiger partial charge >= 0.3 is 12.2 Å². The van der Waals surface area contributed by atoms with Crippen molar-refractivity contribution in [1.82, 2.24) is 10.6 Å². The van der Waals surface area contributed by atoms with Gasteiger partial charge in [0.05, 0.1) is 11.4 Å². The number of oxime groups is 2. The molecule has 0 radical (unpaired) electrons. The van der Waals surface area contributed by atoms with Crippen molar-refractivity contribution in [2.75, 3.05) is 13.1 Å². The predicted molar refractivity (Wildman–Crippen MR) is 103 cm³/mol. The molecule has 0 fully saturated rings. The molecule has 0 aliphatic carbocycles. The minimum absolute atomic E-state index is 0.481. The molecule has 0 aromatic carbocycles. The number of hydrogen-bond acceptors (Lipinski definition) is 6. The van der Waals surface area contributed by atoms with Crippen molar-refractivity contribution in [2.45, 2.75) is 73.1 Å². The van der Waals surface area contributed by atoms with Gasteiger partial charge in [0.25, 0.3) is 0 Å². The van der Waals surface area contributed by atoms with Crippen molar-refractivity contribution in [3.05, 3.63) is 0 Å². The van der Waals surface area contributed by atoms with E-state index in [1.54, 1.807) is 6.92 Å². The van der Waals surface area contributed by atoms with Crippen LogP contribution >= 0.6 is 0 Å². The number of nitrogens with zero attached hydrogens (tertiary/aromatic N) is 2. The van der Waals surface area contributed by atoms with Crippen molar-refractivity contribution in [1.29, 1.82) is 0 Å². The van der Waals surface area contributed by atoms with Crippen LogP contribution in [0.15, 0.2) is 10.3 Å². The third-order valence-electron chi connectivity index (χ3n) is 3.43. The molecule has 0 saturated carbocycles. The molecule has 0 unspecified atom stereocenters. The van der Waals surface area contributed by atoms with Gasteiger partial charge in [-0.2, -0.15) is 0 Å². The van der Waals surface area contributed by atoms with Gasteiger partial charge in [-0.3, -0.25) is 9.68 Å². The molecule has 8 nitrogen and oxygen atoms in total. The summed E-state index contributed by atoms with van der Waals surface area (Å²) in [6, 6.07) is 0. The molecule has 0 atom stereocenters. The summed E-state index contributed by atoms with van der Waals surface area (Å²) in [7, 11) is 0. The molecule has 26 heavy (non-hydrogen) atoms. The number of nitrogens with one attached hydrogen (secondary N) is 2. The molecule has 2 amide bonds. The highest BCUT2D eigenvalue weighted by atomic mass is 16.7. The maximum Gasteiger partial charge on any atom is 0.433 e. The fraction of sp³-hybridized carbons (Fsp3) is 0.778. The van der Waals surface area contributed by atoms with E-state index in [-0.39, 0.29) is 0 Å². The van der Waals surface area contributed by atoms with Crippen LogP contribution in [0.1, 0.15) is 73.1 Å². The lowest BCUT2D eigenvalue weighted by Gasteiger charge is -2.05. The average molecular weight is 370 g/mol. The van der Waals surface area contributed by atoms with Gasteiger partial charge in [-0.15, -0.1) is 0 Å². The first-order valence-corrected chi connectivity index (χ1v) is 9.31. The Morgan fingerprint density at radius 1 is 0.846 bits per heavy atom. The highest BCUT2D eigenvalue weighted by Crippen LogP contribution is 2.02. The topological polar surface area (TPSA) is 101 Å². The summed E-state index contributed by atoms with van der Waals surface area (Å²) in [4.78, 5) is 32.3. The van der Waals surface area contributed by atoms with Gasteiger partial charge in [-0.05, 0) is 45.4 Å². The molecule has 0 bridgehead atoms. The van der Waals surface area contributed by atoms with Gasteiger partial charge in [0.2, 0.25) is 0 Å². The van der Waals surface area contributed by atoms with E-state index in [0.717, 1.165) is 49.9 Å². The van der Waals surface area contributed by atoms with E-state index in [1.165, 1.54) is 0 Å². The minimum Gasteiger partial charge on any atom is -0.320 e. The number of rotatable bonds is 12. The summed E-state index contributed by atoms with van der Waals surface area (Å²) >= 11 is 0. The molecule has 0 spiro atoms. The van der Waals surface area contributed by atoms with Gasteiger partial charge in [0.1, 0.15) is 0 Å². The lowest BCUT2D eigenvalue weighted by Crippen LogP contribution is -2.25. The summed E-state index contributed by atoms with van der Waals surface area (Å²) in [6.45, 7) is 10.8. The molecule has 0 aliphatic heterocycles. The first kappa shape index (κ1) is 23.9. The first-order chi connectivity index (χ1) is 12.3. The van der Waals surface area contributed by atoms with Crippen LogP contribution in [0.5, 0.6) is 0 Å². The Morgan fingerprint density at radius 3 is 1.73 bits per heavy atom. The Kier molecular flexibility index (Phi) is 13.9. The lowest BCUT2D eigenvalue weighted by atomic mass is 10.1. The minimum atomic E-state index is -0.532. The quantitative estimate of drug-likeness (QED) is 0.232. The van der Waals surface area contributed by atoms with Crippen LogP contribution in [0.4, 0.5) is 9.59 Å². The molecule has 2 N–H and O–H groups in total. The Bertz CT molecular complexity index is 476. The second-order valence-corrected chi connectivity index (χ2v) is 6.63. The molecular weight excluding hydrogens is 336 g/mol. The number of carbonyl (C=O) groups is 2. The molecule has 8 heteroatoms. The smallest absolute Gasteiger partial charge is 0.320 e. The summed E-state index contributed by atoms with van der Waals surface area (Å²) in [5.41, 5.74) is 1.57. The molecule has 0 aliphatic rings. The normalized spacial score (nSPS) is 12.1. The summed E-state index contributed by atoms with van der Waals surface area (Å²) in [5.74, 6) is 0.481. The zero-order valence-electron chi connectivity index (χ0n) is 16.8. The summed E-state index contributed by atoms with van der Waals surface area (Å²) in [5, 5.41) is 12.8. The van der Waals surface area contributed by atoms with Gasteiger partial charge in [-0.25, -0.2) is 9.59 Å². The molecule has 0 aromatic heterocycles. The van der Waals surface area contributed by atoms with Crippen molar-refractivity contribution < 1.29 is 19.3 Å². The largest absolute Gasteiger partial charge is 0.433 e. The van der Waals surface area contributed by atoms with Crippen molar-refractivity contribution in [2.24, 2.45) is 16.2 Å². The maximum atomic E-state index is 11.5. The molecule has 0 rings (SSSR count). The van der Waals surface area contributed by atoms with Crippen LogP contribution in [0.2, 0.25) is 0 Å². The number of amides is 2. The zero-order chi connectivity index (χ0) is 19.8. The number of hydrogen-bond donors (Lipinski definition) is 2. The monoisotopic (exact) mass is 370 g/mol. The molecule has 0 aromatic rings. The molecule has 0 heterocycles. The highest BCUT2D eigenvalue weighted by molar-refractivity contribution is 5.82. The third-order valence-corrected chi connectivity index (χ3v) is 3.43. The number of unbranched alkanes of at least 4 members (excludes halogenated alkanes) is 3. The zero-order valence-corrected chi connectivity index (χ0v) is 16.8. The van der Waals surface area contributed by atoms with Crippen molar-refractivity contribution in [3.8, 4) is 0 Å². The standard InChI is InChI=1S/C18H34N4O4/c1-6-15(4)21-25-17(23)19-11-9-7-8-10-12-20-18(24)26-22-16(5)13-14(2)3/h14H,6-13H2,1-5H3,(H,19,23)(H,20,24)/b21-15-,22-16-. The lowest BCUT2D eigenvalue weighted by molar-refractivity contribution is 0.149. The van der Waals surface area contributed by atoms with Crippen molar-refractivity contribution >= 4 is 23.6 Å². The van der Waals surface area contributed by atoms with E-state index >= 15 is 0 Å². The van der Waals surface area contributed by atoms with Crippen LogP contribution < -0.4 is 10.6 Å². The van der Waals surface area contributed by atoms with Gasteiger partial charge in [0, 0.05) is 13.1 Å². The SMILES string of the molecule is CC/C(C)=N\OC(=O)NCCCCCCNC(=O)O/N=C(/C)CC(C)C. The summed E-state index contributed by atoms with van der Waals surface area (Å²) < 4.78 is 0. The van der Waals surface area contributed by atoms with Crippen LogP contribution in [0.25, 0.3) is 0 Å². The van der Waals surface area contributed by atoms with E-state index < -0.39 is 12.2 Å². The first-order valence-electron chi connectivity index (χ1n) is 9.31. The van der Waals surface area contributed by atoms with E-state index in [2.05, 4.69) is 34.8 Å². The van der Waals surface area contributed by atoms with Crippen LogP contribution in [-0.4, -0.2) is 36.7 Å². The molecule has 150 valence electrons. The van der Waals surface area contributed by atoms with E-state index in [1.807, 2.05) is 13.8 Å². The predicted octanol–water partition coefficient (Wildman–Crippen LogP) is 4.21. The Balaban J connectivity index is 3.56. The summed E-state index contributed by atoms with van der Waals surface area (Å²) in [6.07, 6.45) is 4.07. The Hall–Kier alpha value is -2.12. The van der Waals surface area contributed by atoms with Gasteiger partial charge in [-0.1, -0.05) is 43.9 Å². The molecular formula is C18H34N4O4. The second kappa shape index (κ2) is 15.2. The van der Waals surface area contributed by atoms with Crippen LogP contribution in [0, 0.1) is 5.92 Å². The van der Waals surface area contributed by atoms with Crippen LogP contribution in [0.3, 0.4) is 0 Å². The third kappa shape index (κ3) is 15.4. The van der Waals surface area contributed by atoms with Gasteiger partial charge < -0.3 is 10.6 Å². The number of carbonyl (C=O) groups excluding carboxylic acids is 2. The fourth-order valence-electron chi connectivity index (χ4n) is 1.98.